The molecule has 0 unspecified atom stereocenters. The zero-order valence-electron chi connectivity index (χ0n) is 22.6. The smallest absolute Gasteiger partial charge is 0.271 e. The Bertz CT molecular complexity index is 1950. The van der Waals surface area contributed by atoms with Crippen molar-refractivity contribution < 1.29 is 9.47 Å². The Morgan fingerprint density at radius 3 is 2.54 bits per heavy atom. The molecule has 0 radical (unpaired) electrons. The van der Waals surface area contributed by atoms with Gasteiger partial charge in [-0.2, -0.15) is 0 Å². The molecular formula is C35H28N2O3S. The normalized spacial score (nSPS) is 15.9. The number of nitrogens with zero attached hydrogens (tertiary/aromatic N) is 2. The van der Waals surface area contributed by atoms with Gasteiger partial charge in [-0.3, -0.25) is 9.36 Å². The molecule has 0 spiro atoms. The van der Waals surface area contributed by atoms with Gasteiger partial charge in [0.1, 0.15) is 18.1 Å². The maximum absolute atomic E-state index is 14.0. The second kappa shape index (κ2) is 10.7. The van der Waals surface area contributed by atoms with E-state index in [-0.39, 0.29) is 11.6 Å². The van der Waals surface area contributed by atoms with Crippen LogP contribution in [-0.4, -0.2) is 11.7 Å². The molecule has 1 aromatic heterocycles. The molecule has 6 heteroatoms. The summed E-state index contributed by atoms with van der Waals surface area (Å²) in [5.74, 6) is 1.56. The Morgan fingerprint density at radius 1 is 0.902 bits per heavy atom. The van der Waals surface area contributed by atoms with Crippen LogP contribution in [-0.2, 0) is 13.0 Å². The molecule has 1 aliphatic heterocycles. The van der Waals surface area contributed by atoms with Crippen molar-refractivity contribution >= 4 is 23.1 Å². The number of benzene rings is 4. The highest BCUT2D eigenvalue weighted by atomic mass is 32.1. The molecule has 1 aliphatic carbocycles. The second-order valence-corrected chi connectivity index (χ2v) is 11.2. The topological polar surface area (TPSA) is 52.8 Å². The zero-order valence-corrected chi connectivity index (χ0v) is 23.4. The van der Waals surface area contributed by atoms with Crippen molar-refractivity contribution in [1.29, 1.82) is 0 Å². The summed E-state index contributed by atoms with van der Waals surface area (Å²) in [7, 11) is 1.67. The minimum atomic E-state index is -0.236. The fraction of sp³-hybridized carbons (Fsp3) is 0.143. The average Bonchev–Trinajstić information content (AvgIpc) is 3.34. The summed E-state index contributed by atoms with van der Waals surface area (Å²) >= 11 is 1.44. The molecule has 0 bridgehead atoms. The van der Waals surface area contributed by atoms with Crippen molar-refractivity contribution in [1.82, 2.24) is 4.57 Å². The number of methoxy groups -OCH3 is 1. The lowest BCUT2D eigenvalue weighted by Gasteiger charge is -2.31. The summed E-state index contributed by atoms with van der Waals surface area (Å²) in [6, 6.07) is 34.2. The molecule has 0 N–H and O–H groups in total. The number of rotatable bonds is 6. The first-order valence-corrected chi connectivity index (χ1v) is 14.5. The first kappa shape index (κ1) is 25.3. The summed E-state index contributed by atoms with van der Waals surface area (Å²) in [5.41, 5.74) is 7.68. The second-order valence-electron chi connectivity index (χ2n) is 10.2. The van der Waals surface area contributed by atoms with Crippen LogP contribution in [0.3, 0.4) is 0 Å². The van der Waals surface area contributed by atoms with Crippen LogP contribution in [0, 0.1) is 0 Å². The lowest BCUT2D eigenvalue weighted by Crippen LogP contribution is -2.38. The third kappa shape index (κ3) is 4.81. The maximum Gasteiger partial charge on any atom is 0.271 e. The number of fused-ring (bicyclic) bond motifs is 3. The van der Waals surface area contributed by atoms with Gasteiger partial charge >= 0.3 is 0 Å². The van der Waals surface area contributed by atoms with Crippen molar-refractivity contribution in [2.75, 3.05) is 7.11 Å². The molecule has 0 saturated heterocycles. The quantitative estimate of drug-likeness (QED) is 0.262. The highest BCUT2D eigenvalue weighted by molar-refractivity contribution is 7.07. The first-order chi connectivity index (χ1) is 20.2. The molecule has 0 saturated carbocycles. The SMILES string of the molecule is COc1cccc([C@H]2C3=C(N=c4s/c(=C/c5ccc(OCc6ccccc6)cc5)c(=O)n42)c2ccccc2CC3)c1. The number of allylic oxidation sites excluding steroid dienone is 1. The van der Waals surface area contributed by atoms with E-state index in [0.29, 0.717) is 15.9 Å². The van der Waals surface area contributed by atoms with Crippen LogP contribution in [0.5, 0.6) is 11.5 Å². The summed E-state index contributed by atoms with van der Waals surface area (Å²) in [6.07, 6.45) is 3.73. The van der Waals surface area contributed by atoms with Gasteiger partial charge in [-0.1, -0.05) is 90.2 Å². The van der Waals surface area contributed by atoms with Crippen LogP contribution in [0.2, 0.25) is 0 Å². The summed E-state index contributed by atoms with van der Waals surface area (Å²) in [6.45, 7) is 0.511. The molecule has 5 nitrogen and oxygen atoms in total. The highest BCUT2D eigenvalue weighted by Crippen LogP contribution is 2.41. The first-order valence-electron chi connectivity index (χ1n) is 13.7. The lowest BCUT2D eigenvalue weighted by molar-refractivity contribution is 0.306. The van der Waals surface area contributed by atoms with Crippen molar-refractivity contribution in [2.45, 2.75) is 25.5 Å². The van der Waals surface area contributed by atoms with Crippen molar-refractivity contribution in [3.05, 3.63) is 156 Å². The molecule has 2 aliphatic rings. The predicted octanol–water partition coefficient (Wildman–Crippen LogP) is 5.91. The van der Waals surface area contributed by atoms with Gasteiger partial charge in [0.15, 0.2) is 4.80 Å². The number of thiazole rings is 1. The van der Waals surface area contributed by atoms with Crippen molar-refractivity contribution in [2.24, 2.45) is 4.99 Å². The van der Waals surface area contributed by atoms with Gasteiger partial charge in [-0.05, 0) is 71.0 Å². The lowest BCUT2D eigenvalue weighted by atomic mass is 9.83. The van der Waals surface area contributed by atoms with Gasteiger partial charge in [0.05, 0.1) is 23.4 Å². The van der Waals surface area contributed by atoms with Crippen LogP contribution >= 0.6 is 11.3 Å². The van der Waals surface area contributed by atoms with Crippen molar-refractivity contribution in [3.63, 3.8) is 0 Å². The van der Waals surface area contributed by atoms with E-state index < -0.39 is 0 Å². The molecule has 5 aromatic rings. The van der Waals surface area contributed by atoms with Gasteiger partial charge in [0.2, 0.25) is 0 Å². The van der Waals surface area contributed by atoms with Crippen LogP contribution in [0.1, 0.15) is 40.3 Å². The van der Waals surface area contributed by atoms with Gasteiger partial charge < -0.3 is 9.47 Å². The fourth-order valence-electron chi connectivity index (χ4n) is 5.69. The van der Waals surface area contributed by atoms with Crippen LogP contribution in [0.25, 0.3) is 11.8 Å². The van der Waals surface area contributed by atoms with Crippen molar-refractivity contribution in [3.8, 4) is 11.5 Å². The molecule has 2 heterocycles. The van der Waals surface area contributed by atoms with E-state index >= 15 is 0 Å². The summed E-state index contributed by atoms with van der Waals surface area (Å²) < 4.78 is 14.0. The minimum Gasteiger partial charge on any atom is -0.497 e. The molecule has 7 rings (SSSR count). The minimum absolute atomic E-state index is 0.0311. The molecule has 4 aromatic carbocycles. The fourth-order valence-corrected chi connectivity index (χ4v) is 6.69. The summed E-state index contributed by atoms with van der Waals surface area (Å²) in [4.78, 5) is 19.8. The number of ether oxygens (including phenoxy) is 2. The van der Waals surface area contributed by atoms with Crippen LogP contribution in [0.15, 0.2) is 118 Å². The summed E-state index contributed by atoms with van der Waals surface area (Å²) in [5, 5.41) is 0. The molecule has 1 atom stereocenters. The molecule has 0 fully saturated rings. The number of aryl methyl sites for hydroxylation is 1. The van der Waals surface area contributed by atoms with Gasteiger partial charge in [-0.25, -0.2) is 4.99 Å². The van der Waals surface area contributed by atoms with E-state index in [9.17, 15) is 4.79 Å². The third-order valence-corrected chi connectivity index (χ3v) is 8.69. The van der Waals surface area contributed by atoms with E-state index in [1.165, 1.54) is 22.5 Å². The Labute approximate surface area is 242 Å². The molecular weight excluding hydrogens is 528 g/mol. The Morgan fingerprint density at radius 2 is 1.71 bits per heavy atom. The zero-order chi connectivity index (χ0) is 27.8. The average molecular weight is 557 g/mol. The van der Waals surface area contributed by atoms with E-state index in [0.717, 1.165) is 52.3 Å². The van der Waals surface area contributed by atoms with Crippen LogP contribution < -0.4 is 24.4 Å². The van der Waals surface area contributed by atoms with Gasteiger partial charge in [-0.15, -0.1) is 0 Å². The van der Waals surface area contributed by atoms with Gasteiger partial charge in [0.25, 0.3) is 5.56 Å². The number of hydrogen-bond acceptors (Lipinski definition) is 5. The predicted molar refractivity (Wildman–Crippen MR) is 163 cm³/mol. The Balaban J connectivity index is 1.30. The number of hydrogen-bond donors (Lipinski definition) is 0. The third-order valence-electron chi connectivity index (χ3n) is 7.71. The van der Waals surface area contributed by atoms with E-state index in [2.05, 4.69) is 30.3 Å². The highest BCUT2D eigenvalue weighted by Gasteiger charge is 2.32. The standard InChI is InChI=1S/C35H28N2O3S/c1-39-28-12-7-11-26(21-28)33-30-19-16-25-10-5-6-13-29(25)32(30)36-35-37(33)34(38)31(41-35)20-23-14-17-27(18-15-23)40-22-24-8-3-2-4-9-24/h2-15,17-18,20-21,33H,16,19,22H2,1H3/b31-20+/t33-/m0/s1. The van der Waals surface area contributed by atoms with Crippen LogP contribution in [0.4, 0.5) is 0 Å². The number of aromatic nitrogens is 1. The molecule has 0 amide bonds. The molecule has 41 heavy (non-hydrogen) atoms. The molecule has 202 valence electrons. The largest absolute Gasteiger partial charge is 0.497 e. The van der Waals surface area contributed by atoms with E-state index in [1.54, 1.807) is 7.11 Å². The van der Waals surface area contributed by atoms with Gasteiger partial charge in [0, 0.05) is 5.56 Å². The monoisotopic (exact) mass is 556 g/mol. The maximum atomic E-state index is 14.0. The Hall–Kier alpha value is -4.68. The van der Waals surface area contributed by atoms with E-state index in [4.69, 9.17) is 14.5 Å². The van der Waals surface area contributed by atoms with E-state index in [1.807, 2.05) is 83.4 Å². The Kier molecular flexibility index (Phi) is 6.61.